The Bertz CT molecular complexity index is 416. The fraction of sp³-hybridized carbons (Fsp3) is 0.364. The molecule has 1 aromatic rings. The van der Waals surface area contributed by atoms with Crippen LogP contribution in [0.3, 0.4) is 0 Å². The third kappa shape index (κ3) is 3.21. The first-order valence-corrected chi connectivity index (χ1v) is 5.23. The molecular weight excluding hydrogens is 216 g/mol. The highest BCUT2D eigenvalue weighted by atomic mass is 32.2. The summed E-state index contributed by atoms with van der Waals surface area (Å²) in [5.74, 6) is -1.46. The fourth-order valence-electron chi connectivity index (χ4n) is 1.07. The lowest BCUT2D eigenvalue weighted by molar-refractivity contribution is 0.574. The Balaban J connectivity index is 3.23. The number of benzene rings is 1. The molecule has 0 aromatic heterocycles. The molecule has 1 nitrogen and oxygen atoms in total. The predicted molar refractivity (Wildman–Crippen MR) is 56.7 cm³/mol. The van der Waals surface area contributed by atoms with Crippen molar-refractivity contribution in [2.75, 3.05) is 0 Å². The number of nitriles is 1. The van der Waals surface area contributed by atoms with E-state index >= 15 is 0 Å². The fourth-order valence-corrected chi connectivity index (χ4v) is 2.15. The van der Waals surface area contributed by atoms with Crippen molar-refractivity contribution in [3.05, 3.63) is 29.3 Å². The molecule has 0 atom stereocenters. The molecule has 0 aliphatic carbocycles. The summed E-state index contributed by atoms with van der Waals surface area (Å²) in [5.41, 5.74) is -0.0867. The molecule has 0 amide bonds. The van der Waals surface area contributed by atoms with Gasteiger partial charge in [0.1, 0.15) is 23.3 Å². The van der Waals surface area contributed by atoms with Crippen LogP contribution in [0, 0.1) is 23.0 Å². The Hall–Kier alpha value is -1.08. The molecule has 0 spiro atoms. The van der Waals surface area contributed by atoms with E-state index < -0.39 is 11.6 Å². The Morgan fingerprint density at radius 2 is 1.87 bits per heavy atom. The molecular formula is C11H11F2NS. The minimum Gasteiger partial charge on any atom is -0.207 e. The zero-order valence-electron chi connectivity index (χ0n) is 8.77. The van der Waals surface area contributed by atoms with Crippen molar-refractivity contribution in [3.8, 4) is 6.07 Å². The van der Waals surface area contributed by atoms with Gasteiger partial charge in [-0.25, -0.2) is 8.78 Å². The van der Waals surface area contributed by atoms with E-state index in [9.17, 15) is 8.78 Å². The van der Waals surface area contributed by atoms with Gasteiger partial charge in [0.15, 0.2) is 0 Å². The standard InChI is InChI=1S/C11H11F2NS/c1-11(2,3)15-10-5-7(12)4-9(13)8(10)6-14/h4-5H,1-3H3. The summed E-state index contributed by atoms with van der Waals surface area (Å²) in [7, 11) is 0. The van der Waals surface area contributed by atoms with Gasteiger partial charge in [0.25, 0.3) is 0 Å². The summed E-state index contributed by atoms with van der Waals surface area (Å²) >= 11 is 1.28. The predicted octanol–water partition coefficient (Wildman–Crippen LogP) is 3.73. The van der Waals surface area contributed by atoms with Crippen molar-refractivity contribution < 1.29 is 8.78 Å². The monoisotopic (exact) mass is 227 g/mol. The average Bonchev–Trinajstić information content (AvgIpc) is 1.99. The van der Waals surface area contributed by atoms with Crippen molar-refractivity contribution in [1.29, 1.82) is 5.26 Å². The number of thioether (sulfide) groups is 1. The van der Waals surface area contributed by atoms with E-state index in [1.165, 1.54) is 17.8 Å². The van der Waals surface area contributed by atoms with Crippen LogP contribution in [0.4, 0.5) is 8.78 Å². The van der Waals surface area contributed by atoms with E-state index in [1.807, 2.05) is 20.8 Å². The van der Waals surface area contributed by atoms with Gasteiger partial charge < -0.3 is 0 Å². The van der Waals surface area contributed by atoms with Crippen molar-refractivity contribution in [1.82, 2.24) is 0 Å². The van der Waals surface area contributed by atoms with Gasteiger partial charge in [-0.15, -0.1) is 11.8 Å². The maximum Gasteiger partial charge on any atom is 0.145 e. The van der Waals surface area contributed by atoms with Crippen molar-refractivity contribution in [2.45, 2.75) is 30.4 Å². The van der Waals surface area contributed by atoms with Gasteiger partial charge >= 0.3 is 0 Å². The molecule has 1 aromatic carbocycles. The molecule has 0 bridgehead atoms. The maximum atomic E-state index is 13.2. The van der Waals surface area contributed by atoms with Gasteiger partial charge in [0, 0.05) is 15.7 Å². The summed E-state index contributed by atoms with van der Waals surface area (Å²) in [6.07, 6.45) is 0. The first-order valence-electron chi connectivity index (χ1n) is 4.41. The third-order valence-electron chi connectivity index (χ3n) is 1.55. The molecule has 15 heavy (non-hydrogen) atoms. The molecule has 80 valence electrons. The lowest BCUT2D eigenvalue weighted by Crippen LogP contribution is -2.08. The molecule has 0 N–H and O–H groups in total. The minimum atomic E-state index is -0.802. The zero-order valence-corrected chi connectivity index (χ0v) is 9.58. The number of rotatable bonds is 1. The highest BCUT2D eigenvalue weighted by Crippen LogP contribution is 2.35. The van der Waals surface area contributed by atoms with E-state index in [4.69, 9.17) is 5.26 Å². The van der Waals surface area contributed by atoms with Crippen molar-refractivity contribution in [2.24, 2.45) is 0 Å². The molecule has 0 aliphatic rings. The van der Waals surface area contributed by atoms with Gasteiger partial charge in [-0.3, -0.25) is 0 Å². The smallest absolute Gasteiger partial charge is 0.145 e. The molecule has 0 unspecified atom stereocenters. The van der Waals surface area contributed by atoms with E-state index in [2.05, 4.69) is 0 Å². The SMILES string of the molecule is CC(C)(C)Sc1cc(F)cc(F)c1C#N. The number of hydrogen-bond donors (Lipinski definition) is 0. The molecule has 0 saturated heterocycles. The summed E-state index contributed by atoms with van der Waals surface area (Å²) in [6, 6.07) is 3.67. The summed E-state index contributed by atoms with van der Waals surface area (Å²) in [4.78, 5) is 0.350. The Morgan fingerprint density at radius 3 is 2.33 bits per heavy atom. The topological polar surface area (TPSA) is 23.8 Å². The zero-order chi connectivity index (χ0) is 11.6. The number of hydrogen-bond acceptors (Lipinski definition) is 2. The van der Waals surface area contributed by atoms with Gasteiger partial charge in [-0.2, -0.15) is 5.26 Å². The minimum absolute atomic E-state index is 0.0867. The summed E-state index contributed by atoms with van der Waals surface area (Å²) in [5, 5.41) is 8.76. The van der Waals surface area contributed by atoms with Gasteiger partial charge in [0.05, 0.1) is 0 Å². The van der Waals surface area contributed by atoms with E-state index in [-0.39, 0.29) is 10.3 Å². The van der Waals surface area contributed by atoms with Crippen LogP contribution >= 0.6 is 11.8 Å². The second-order valence-electron chi connectivity index (χ2n) is 4.09. The normalized spacial score (nSPS) is 11.2. The summed E-state index contributed by atoms with van der Waals surface area (Å²) in [6.45, 7) is 5.75. The van der Waals surface area contributed by atoms with Gasteiger partial charge in [0.2, 0.25) is 0 Å². The molecule has 1 rings (SSSR count). The van der Waals surface area contributed by atoms with Crippen LogP contribution in [0.2, 0.25) is 0 Å². The first kappa shape index (κ1) is 12.0. The van der Waals surface area contributed by atoms with Crippen LogP contribution in [-0.4, -0.2) is 4.75 Å². The largest absolute Gasteiger partial charge is 0.207 e. The van der Waals surface area contributed by atoms with E-state index in [0.29, 0.717) is 4.90 Å². The van der Waals surface area contributed by atoms with E-state index in [1.54, 1.807) is 6.07 Å². The van der Waals surface area contributed by atoms with Crippen molar-refractivity contribution in [3.63, 3.8) is 0 Å². The molecule has 0 saturated carbocycles. The van der Waals surface area contributed by atoms with Crippen LogP contribution in [0.25, 0.3) is 0 Å². The Kier molecular flexibility index (Phi) is 3.35. The molecule has 0 aliphatic heterocycles. The molecule has 0 heterocycles. The molecule has 0 fully saturated rings. The average molecular weight is 227 g/mol. The van der Waals surface area contributed by atoms with Crippen LogP contribution in [0.5, 0.6) is 0 Å². The quantitative estimate of drug-likeness (QED) is 0.682. The molecule has 0 radical (unpaired) electrons. The lowest BCUT2D eigenvalue weighted by Gasteiger charge is -2.18. The maximum absolute atomic E-state index is 13.2. The first-order chi connectivity index (χ1) is 6.83. The molecule has 4 heteroatoms. The van der Waals surface area contributed by atoms with E-state index in [0.717, 1.165) is 6.07 Å². The van der Waals surface area contributed by atoms with Crippen LogP contribution in [0.1, 0.15) is 26.3 Å². The highest BCUT2D eigenvalue weighted by Gasteiger charge is 2.18. The van der Waals surface area contributed by atoms with Gasteiger partial charge in [-0.1, -0.05) is 20.8 Å². The second kappa shape index (κ2) is 4.19. The van der Waals surface area contributed by atoms with Crippen LogP contribution < -0.4 is 0 Å². The van der Waals surface area contributed by atoms with Crippen LogP contribution in [0.15, 0.2) is 17.0 Å². The Morgan fingerprint density at radius 1 is 1.27 bits per heavy atom. The summed E-state index contributed by atoms with van der Waals surface area (Å²) < 4.78 is 26.0. The number of nitrogens with zero attached hydrogens (tertiary/aromatic N) is 1. The van der Waals surface area contributed by atoms with Crippen molar-refractivity contribution >= 4 is 11.8 Å². The van der Waals surface area contributed by atoms with Gasteiger partial charge in [-0.05, 0) is 6.07 Å². The number of halogens is 2. The Labute approximate surface area is 92.1 Å². The highest BCUT2D eigenvalue weighted by molar-refractivity contribution is 8.00. The second-order valence-corrected chi connectivity index (χ2v) is 5.96. The van der Waals surface area contributed by atoms with Crippen LogP contribution in [-0.2, 0) is 0 Å². The third-order valence-corrected chi connectivity index (χ3v) is 2.70. The lowest BCUT2D eigenvalue weighted by atomic mass is 10.2.